The Morgan fingerprint density at radius 1 is 0.909 bits per heavy atom. The molecular formula is C62H73N5O10. The molecule has 7 aliphatic rings. The lowest BCUT2D eigenvalue weighted by Crippen LogP contribution is -2.57. The standard InChI is InChI=1S/C62H73N5O10/c1-7-44-47-32-43(19-22-53(47)63-56-49(44)35-67-54(56)33-52-50(57(67)71)36-75-58(72)61(52,74)8-2)76-59(73)66-29-27-65(28-30-66)26-12-10-9-11-25-64(6)41-16-13-39(14-17-41)48-34-60(5)51(23-24-62(60,37(3)68)77-38(4)69)46-20-15-40-31-42(70)18-21-45(40)55(46)48/h13-14,16-17,19,22,31-33,46,48,51,74H,7-12,15,18,20-21,23-30,34-36H2,1-6H3/t46?,48-,51+,60?,61+,62+/m1/s1. The first kappa shape index (κ1) is 52.6. The van der Waals surface area contributed by atoms with E-state index in [4.69, 9.17) is 19.2 Å². The number of esters is 2. The van der Waals surface area contributed by atoms with Gasteiger partial charge in [-0.3, -0.25) is 24.1 Å². The molecule has 4 aliphatic carbocycles. The summed E-state index contributed by atoms with van der Waals surface area (Å²) < 4.78 is 19.0. The first-order valence-corrected chi connectivity index (χ1v) is 28.3. The molecule has 2 aromatic carbocycles. The molecule has 1 N–H and O–H groups in total. The summed E-state index contributed by atoms with van der Waals surface area (Å²) in [4.78, 5) is 90.2. The van der Waals surface area contributed by atoms with Gasteiger partial charge in [-0.05, 0) is 154 Å². The fraction of sp³-hybridized carbons (Fsp3) is 0.532. The molecule has 4 aromatic rings. The number of cyclic esters (lactones) is 1. The SMILES string of the molecule is CCc1c2c(nc3ccc(OC(=O)N4CCN(CCCCCCN(C)c5ccc([C@H]6CC7(C)[C@@H](CC[C@]7(OC(C)=O)C(C)=O)C7CCC8=CC(=O)CCC8=C76)cc5)CC4)cc13)-c1cc3c(c(=O)n1C2)COC(=O)[C@]3(O)CC. The summed E-state index contributed by atoms with van der Waals surface area (Å²) in [5, 5.41) is 12.1. The van der Waals surface area contributed by atoms with Crippen LogP contribution in [-0.2, 0) is 53.8 Å². The average molecular weight is 1050 g/mol. The van der Waals surface area contributed by atoms with Gasteiger partial charge in [-0.25, -0.2) is 14.6 Å². The molecule has 5 heterocycles. The van der Waals surface area contributed by atoms with Crippen LogP contribution in [0.3, 0.4) is 0 Å². The molecule has 406 valence electrons. The summed E-state index contributed by atoms with van der Waals surface area (Å²) >= 11 is 0. The average Bonchev–Trinajstić information content (AvgIpc) is 3.97. The van der Waals surface area contributed by atoms with Crippen molar-refractivity contribution < 1.29 is 43.3 Å². The van der Waals surface area contributed by atoms with E-state index in [1.807, 2.05) is 25.1 Å². The van der Waals surface area contributed by atoms with E-state index >= 15 is 0 Å². The number of piperazine rings is 1. The van der Waals surface area contributed by atoms with Gasteiger partial charge in [-0.15, -0.1) is 0 Å². The number of amides is 1. The van der Waals surface area contributed by atoms with Crippen molar-refractivity contribution in [2.75, 3.05) is 51.2 Å². The highest BCUT2D eigenvalue weighted by molar-refractivity contribution is 5.94. The number of carbonyl (C=O) groups is 5. The molecule has 2 aromatic heterocycles. The molecule has 3 fully saturated rings. The van der Waals surface area contributed by atoms with E-state index in [-0.39, 0.29) is 65.1 Å². The number of anilines is 1. The zero-order chi connectivity index (χ0) is 54.1. The third kappa shape index (κ3) is 8.93. The fourth-order valence-corrected chi connectivity index (χ4v) is 15.1. The van der Waals surface area contributed by atoms with Gasteiger partial charge in [0.15, 0.2) is 22.8 Å². The topological polar surface area (TPSA) is 178 Å². The second-order valence-corrected chi connectivity index (χ2v) is 23.2. The van der Waals surface area contributed by atoms with E-state index in [0.717, 1.165) is 106 Å². The molecule has 6 atom stereocenters. The third-order valence-corrected chi connectivity index (χ3v) is 19.2. The number of hydrogen-bond donors (Lipinski definition) is 1. The molecule has 15 nitrogen and oxygen atoms in total. The Morgan fingerprint density at radius 3 is 2.40 bits per heavy atom. The number of aliphatic hydroxyl groups is 1. The lowest BCUT2D eigenvalue weighted by Gasteiger charge is -2.55. The van der Waals surface area contributed by atoms with Gasteiger partial charge in [0.25, 0.3) is 5.56 Å². The van der Waals surface area contributed by atoms with E-state index in [9.17, 15) is 33.9 Å². The van der Waals surface area contributed by atoms with Gasteiger partial charge in [-0.2, -0.15) is 0 Å². The number of ketones is 2. The van der Waals surface area contributed by atoms with Crippen LogP contribution >= 0.6 is 0 Å². The highest BCUT2D eigenvalue weighted by Gasteiger charge is 2.67. The van der Waals surface area contributed by atoms with Gasteiger partial charge in [0.2, 0.25) is 0 Å². The minimum atomic E-state index is -1.90. The maximum Gasteiger partial charge on any atom is 0.415 e. The largest absolute Gasteiger partial charge is 0.458 e. The van der Waals surface area contributed by atoms with Crippen molar-refractivity contribution in [3.05, 3.63) is 109 Å². The van der Waals surface area contributed by atoms with Crippen LogP contribution < -0.4 is 15.2 Å². The van der Waals surface area contributed by atoms with E-state index in [1.54, 1.807) is 35.4 Å². The van der Waals surface area contributed by atoms with Crippen LogP contribution in [0.25, 0.3) is 22.3 Å². The number of carbonyl (C=O) groups excluding carboxylic acids is 5. The van der Waals surface area contributed by atoms with Crippen LogP contribution in [0.1, 0.15) is 145 Å². The normalized spacial score (nSPS) is 26.5. The number of allylic oxidation sites excluding steroid dienone is 4. The Hall–Kier alpha value is -6.45. The fourth-order valence-electron chi connectivity index (χ4n) is 15.1. The molecular weight excluding hydrogens is 975 g/mol. The van der Waals surface area contributed by atoms with Crippen molar-refractivity contribution >= 4 is 46.2 Å². The quantitative estimate of drug-likeness (QED) is 0.0823. The van der Waals surface area contributed by atoms with Gasteiger partial charge in [0.1, 0.15) is 12.4 Å². The Bertz CT molecular complexity index is 3220. The van der Waals surface area contributed by atoms with E-state index in [2.05, 4.69) is 48.0 Å². The van der Waals surface area contributed by atoms with Gasteiger partial charge in [-0.1, -0.05) is 51.3 Å². The van der Waals surface area contributed by atoms with Gasteiger partial charge in [0, 0.05) is 86.6 Å². The van der Waals surface area contributed by atoms with Crippen molar-refractivity contribution in [1.82, 2.24) is 19.4 Å². The Kier molecular flexibility index (Phi) is 13.9. The van der Waals surface area contributed by atoms with Crippen molar-refractivity contribution in [2.45, 2.75) is 148 Å². The number of hydrogen-bond acceptors (Lipinski definition) is 13. The van der Waals surface area contributed by atoms with Crippen molar-refractivity contribution in [2.24, 2.45) is 17.3 Å². The Labute approximate surface area is 450 Å². The van der Waals surface area contributed by atoms with Crippen LogP contribution in [0, 0.1) is 17.3 Å². The van der Waals surface area contributed by atoms with Crippen LogP contribution in [-0.4, -0.2) is 106 Å². The number of benzene rings is 2. The Balaban J connectivity index is 0.663. The summed E-state index contributed by atoms with van der Waals surface area (Å²) in [5.74, 6) is -0.0134. The molecule has 1 saturated heterocycles. The summed E-state index contributed by atoms with van der Waals surface area (Å²) in [5.41, 5.74) is 6.90. The number of ether oxygens (including phenoxy) is 3. The maximum atomic E-state index is 13.8. The highest BCUT2D eigenvalue weighted by Crippen LogP contribution is 2.68. The lowest BCUT2D eigenvalue weighted by atomic mass is 9.50. The monoisotopic (exact) mass is 1050 g/mol. The number of pyridine rings is 2. The van der Waals surface area contributed by atoms with Gasteiger partial charge in [0.05, 0.1) is 29.0 Å². The first-order chi connectivity index (χ1) is 37.0. The predicted molar refractivity (Wildman–Crippen MR) is 292 cm³/mol. The molecule has 0 radical (unpaired) electrons. The van der Waals surface area contributed by atoms with Crippen molar-refractivity contribution in [3.8, 4) is 17.1 Å². The van der Waals surface area contributed by atoms with Gasteiger partial charge < -0.3 is 33.7 Å². The van der Waals surface area contributed by atoms with Crippen LogP contribution in [0.5, 0.6) is 5.75 Å². The molecule has 15 heteroatoms. The summed E-state index contributed by atoms with van der Waals surface area (Å²) in [6.45, 7) is 13.7. The molecule has 77 heavy (non-hydrogen) atoms. The number of aryl methyl sites for hydroxylation is 1. The number of aromatic nitrogens is 2. The zero-order valence-corrected chi connectivity index (χ0v) is 45.6. The van der Waals surface area contributed by atoms with E-state index in [1.165, 1.54) is 29.2 Å². The molecule has 2 unspecified atom stereocenters. The summed E-state index contributed by atoms with van der Waals surface area (Å²) in [6.07, 6.45) is 11.9. The predicted octanol–water partition coefficient (Wildman–Crippen LogP) is 9.25. The number of nitrogens with zero attached hydrogens (tertiary/aromatic N) is 5. The Morgan fingerprint density at radius 2 is 1.68 bits per heavy atom. The molecule has 1 amide bonds. The molecule has 0 spiro atoms. The minimum Gasteiger partial charge on any atom is -0.458 e. The van der Waals surface area contributed by atoms with E-state index in [0.29, 0.717) is 61.6 Å². The molecule has 2 saturated carbocycles. The van der Waals surface area contributed by atoms with Crippen LogP contribution in [0.2, 0.25) is 0 Å². The maximum absolute atomic E-state index is 13.8. The zero-order valence-electron chi connectivity index (χ0n) is 45.6. The lowest BCUT2D eigenvalue weighted by molar-refractivity contribution is -0.182. The smallest absolute Gasteiger partial charge is 0.415 e. The minimum absolute atomic E-state index is 0.0582. The second kappa shape index (κ2) is 20.4. The van der Waals surface area contributed by atoms with Crippen LogP contribution in [0.4, 0.5) is 10.5 Å². The van der Waals surface area contributed by atoms with Crippen molar-refractivity contribution in [1.29, 1.82) is 0 Å². The number of rotatable bonds is 14. The number of fused-ring (bicyclic) bond motifs is 9. The highest BCUT2D eigenvalue weighted by atomic mass is 16.6. The number of Topliss-reactive ketones (excluding diaryl/α,β-unsaturated/α-hetero) is 1. The second-order valence-electron chi connectivity index (χ2n) is 23.2. The number of unbranched alkanes of at least 4 members (excludes halogenated alkanes) is 3. The molecule has 3 aliphatic heterocycles. The van der Waals surface area contributed by atoms with Crippen molar-refractivity contribution in [3.63, 3.8) is 0 Å². The van der Waals surface area contributed by atoms with Gasteiger partial charge >= 0.3 is 18.0 Å². The first-order valence-electron chi connectivity index (χ1n) is 28.3. The summed E-state index contributed by atoms with van der Waals surface area (Å²) in [6, 6.07) is 16.1. The van der Waals surface area contributed by atoms with E-state index < -0.39 is 28.6 Å². The third-order valence-electron chi connectivity index (χ3n) is 19.2. The van der Waals surface area contributed by atoms with Crippen LogP contribution in [0.15, 0.2) is 76.1 Å². The molecule has 0 bridgehead atoms. The molecule has 11 rings (SSSR count). The summed E-state index contributed by atoms with van der Waals surface area (Å²) in [7, 11) is 2.15.